The number of aliphatic hydroxyl groups excluding tert-OH is 2. The Morgan fingerprint density at radius 2 is 1.94 bits per heavy atom. The fourth-order valence-electron chi connectivity index (χ4n) is 2.89. The van der Waals surface area contributed by atoms with Crippen LogP contribution in [0.25, 0.3) is 0 Å². The van der Waals surface area contributed by atoms with Crippen molar-refractivity contribution in [3.63, 3.8) is 0 Å². The van der Waals surface area contributed by atoms with Gasteiger partial charge in [-0.15, -0.1) is 0 Å². The van der Waals surface area contributed by atoms with E-state index < -0.39 is 0 Å². The molecule has 2 unspecified atom stereocenters. The van der Waals surface area contributed by atoms with E-state index in [1.165, 1.54) is 0 Å². The molecule has 1 aliphatic rings. The topological polar surface area (TPSA) is 43.7 Å². The summed E-state index contributed by atoms with van der Waals surface area (Å²) in [5.41, 5.74) is 0. The lowest BCUT2D eigenvalue weighted by Gasteiger charge is -2.33. The van der Waals surface area contributed by atoms with Crippen LogP contribution in [0.3, 0.4) is 0 Å². The van der Waals surface area contributed by atoms with Gasteiger partial charge in [0.25, 0.3) is 0 Å². The average Bonchev–Trinajstić information content (AvgIpc) is 2.66. The lowest BCUT2D eigenvalue weighted by molar-refractivity contribution is 0.0717. The van der Waals surface area contributed by atoms with Crippen molar-refractivity contribution in [2.45, 2.75) is 58.1 Å². The molecule has 1 fully saturated rings. The van der Waals surface area contributed by atoms with Crippen molar-refractivity contribution in [1.82, 2.24) is 4.90 Å². The van der Waals surface area contributed by atoms with Gasteiger partial charge in [0.05, 0.1) is 12.7 Å². The monoisotopic (exact) mass is 229 g/mol. The molecule has 0 saturated heterocycles. The zero-order chi connectivity index (χ0) is 12.0. The van der Waals surface area contributed by atoms with Gasteiger partial charge in [0, 0.05) is 19.1 Å². The lowest BCUT2D eigenvalue weighted by Crippen LogP contribution is -2.41. The molecule has 0 spiro atoms. The Kier molecular flexibility index (Phi) is 6.32. The molecule has 3 heteroatoms. The maximum absolute atomic E-state index is 9.84. The molecule has 1 rings (SSSR count). The van der Waals surface area contributed by atoms with Gasteiger partial charge < -0.3 is 10.2 Å². The largest absolute Gasteiger partial charge is 0.395 e. The van der Waals surface area contributed by atoms with Gasteiger partial charge in [-0.1, -0.05) is 20.3 Å². The van der Waals surface area contributed by atoms with E-state index in [2.05, 4.69) is 18.7 Å². The molecule has 0 aromatic carbocycles. The summed E-state index contributed by atoms with van der Waals surface area (Å²) in [7, 11) is 0. The molecule has 0 amide bonds. The van der Waals surface area contributed by atoms with Crippen LogP contribution in [0.1, 0.15) is 46.0 Å². The summed E-state index contributed by atoms with van der Waals surface area (Å²) >= 11 is 0. The summed E-state index contributed by atoms with van der Waals surface area (Å²) in [6.45, 7) is 6.32. The molecule has 0 aromatic rings. The summed E-state index contributed by atoms with van der Waals surface area (Å²) in [5.74, 6) is 0.423. The third kappa shape index (κ3) is 3.72. The molecular weight excluding hydrogens is 202 g/mol. The predicted octanol–water partition coefficient (Wildman–Crippen LogP) is 1.63. The Bertz CT molecular complexity index is 183. The highest BCUT2D eigenvalue weighted by atomic mass is 16.3. The first-order valence-corrected chi connectivity index (χ1v) is 6.75. The standard InChI is InChI=1S/C13H27NO2/c1-3-12(4-2)14(8-9-15)10-11-6-5-7-13(11)16/h11-13,15-16H,3-10H2,1-2H3. The molecule has 1 aliphatic carbocycles. The van der Waals surface area contributed by atoms with Crippen molar-refractivity contribution < 1.29 is 10.2 Å². The van der Waals surface area contributed by atoms with Crippen LogP contribution in [0.5, 0.6) is 0 Å². The van der Waals surface area contributed by atoms with Gasteiger partial charge in [0.2, 0.25) is 0 Å². The Morgan fingerprint density at radius 1 is 1.25 bits per heavy atom. The van der Waals surface area contributed by atoms with E-state index in [1.54, 1.807) is 0 Å². The van der Waals surface area contributed by atoms with Crippen LogP contribution in [0.15, 0.2) is 0 Å². The molecule has 0 bridgehead atoms. The highest BCUT2D eigenvalue weighted by molar-refractivity contribution is 4.81. The molecule has 0 aliphatic heterocycles. The SMILES string of the molecule is CCC(CC)N(CCO)CC1CCCC1O. The van der Waals surface area contributed by atoms with Crippen LogP contribution in [0, 0.1) is 5.92 Å². The Labute approximate surface area is 99.5 Å². The molecule has 1 saturated carbocycles. The van der Waals surface area contributed by atoms with Crippen LogP contribution in [-0.2, 0) is 0 Å². The maximum atomic E-state index is 9.84. The average molecular weight is 229 g/mol. The number of nitrogens with zero attached hydrogens (tertiary/aromatic N) is 1. The summed E-state index contributed by atoms with van der Waals surface area (Å²) in [6, 6.07) is 0.556. The molecule has 0 heterocycles. The third-order valence-electron chi connectivity index (χ3n) is 3.93. The fraction of sp³-hybridized carbons (Fsp3) is 1.00. The van der Waals surface area contributed by atoms with E-state index in [9.17, 15) is 5.11 Å². The minimum absolute atomic E-state index is 0.115. The summed E-state index contributed by atoms with van der Waals surface area (Å²) in [4.78, 5) is 2.36. The maximum Gasteiger partial charge on any atom is 0.0580 e. The van der Waals surface area contributed by atoms with Gasteiger partial charge in [0.15, 0.2) is 0 Å². The van der Waals surface area contributed by atoms with E-state index in [-0.39, 0.29) is 12.7 Å². The first-order chi connectivity index (χ1) is 7.72. The van der Waals surface area contributed by atoms with Crippen molar-refractivity contribution >= 4 is 0 Å². The first-order valence-electron chi connectivity index (χ1n) is 6.75. The van der Waals surface area contributed by atoms with Crippen molar-refractivity contribution in [3.8, 4) is 0 Å². The van der Waals surface area contributed by atoms with Gasteiger partial charge >= 0.3 is 0 Å². The van der Waals surface area contributed by atoms with Gasteiger partial charge in [-0.05, 0) is 31.6 Å². The van der Waals surface area contributed by atoms with Crippen molar-refractivity contribution in [1.29, 1.82) is 0 Å². The smallest absolute Gasteiger partial charge is 0.0580 e. The number of rotatable bonds is 7. The van der Waals surface area contributed by atoms with E-state index in [0.717, 1.165) is 45.2 Å². The van der Waals surface area contributed by atoms with Gasteiger partial charge in [-0.2, -0.15) is 0 Å². The third-order valence-corrected chi connectivity index (χ3v) is 3.93. The molecule has 2 N–H and O–H groups in total. The lowest BCUT2D eigenvalue weighted by atomic mass is 10.0. The van der Waals surface area contributed by atoms with E-state index >= 15 is 0 Å². The highest BCUT2D eigenvalue weighted by Crippen LogP contribution is 2.27. The predicted molar refractivity (Wildman–Crippen MR) is 66.4 cm³/mol. The van der Waals surface area contributed by atoms with Crippen LogP contribution < -0.4 is 0 Å². The quantitative estimate of drug-likeness (QED) is 0.697. The molecular formula is C13H27NO2. The Hall–Kier alpha value is -0.120. The zero-order valence-corrected chi connectivity index (χ0v) is 10.7. The zero-order valence-electron chi connectivity index (χ0n) is 10.7. The molecule has 0 aromatic heterocycles. The van der Waals surface area contributed by atoms with Crippen molar-refractivity contribution in [2.75, 3.05) is 19.7 Å². The van der Waals surface area contributed by atoms with E-state index in [0.29, 0.717) is 12.0 Å². The van der Waals surface area contributed by atoms with E-state index in [1.807, 2.05) is 0 Å². The highest BCUT2D eigenvalue weighted by Gasteiger charge is 2.28. The summed E-state index contributed by atoms with van der Waals surface area (Å²) in [5, 5.41) is 19.0. The van der Waals surface area contributed by atoms with Gasteiger partial charge in [-0.25, -0.2) is 0 Å². The van der Waals surface area contributed by atoms with Crippen molar-refractivity contribution in [3.05, 3.63) is 0 Å². The Balaban J connectivity index is 2.48. The molecule has 16 heavy (non-hydrogen) atoms. The second kappa shape index (κ2) is 7.25. The molecule has 3 nitrogen and oxygen atoms in total. The van der Waals surface area contributed by atoms with Crippen LogP contribution >= 0.6 is 0 Å². The first kappa shape index (κ1) is 13.9. The van der Waals surface area contributed by atoms with Gasteiger partial charge in [-0.3, -0.25) is 4.90 Å². The molecule has 2 atom stereocenters. The number of hydrogen-bond donors (Lipinski definition) is 2. The molecule has 0 radical (unpaired) electrons. The van der Waals surface area contributed by atoms with Crippen LogP contribution in [0.4, 0.5) is 0 Å². The van der Waals surface area contributed by atoms with E-state index in [4.69, 9.17) is 5.11 Å². The number of hydrogen-bond acceptors (Lipinski definition) is 3. The van der Waals surface area contributed by atoms with Crippen LogP contribution in [0.2, 0.25) is 0 Å². The van der Waals surface area contributed by atoms with Gasteiger partial charge in [0.1, 0.15) is 0 Å². The second-order valence-electron chi connectivity index (χ2n) is 4.95. The van der Waals surface area contributed by atoms with Crippen molar-refractivity contribution in [2.24, 2.45) is 5.92 Å². The van der Waals surface area contributed by atoms with Crippen LogP contribution in [-0.4, -0.2) is 47.0 Å². The number of aliphatic hydroxyl groups is 2. The summed E-state index contributed by atoms with van der Waals surface area (Å²) in [6.07, 6.45) is 5.39. The minimum Gasteiger partial charge on any atom is -0.395 e. The summed E-state index contributed by atoms with van der Waals surface area (Å²) < 4.78 is 0. The molecule has 96 valence electrons. The minimum atomic E-state index is -0.115. The normalized spacial score (nSPS) is 25.9. The second-order valence-corrected chi connectivity index (χ2v) is 4.95. The fourth-order valence-corrected chi connectivity index (χ4v) is 2.89. The Morgan fingerprint density at radius 3 is 2.38 bits per heavy atom.